The van der Waals surface area contributed by atoms with Gasteiger partial charge >= 0.3 is 0 Å². The average Bonchev–Trinajstić information content (AvgIpc) is 2.15. The van der Waals surface area contributed by atoms with Crippen LogP contribution in [0.1, 0.15) is 38.5 Å². The lowest BCUT2D eigenvalue weighted by Gasteiger charge is -2.34. The van der Waals surface area contributed by atoms with Gasteiger partial charge in [-0.1, -0.05) is 38.9 Å². The highest BCUT2D eigenvalue weighted by atomic mass is 28.3. The second-order valence-electron chi connectivity index (χ2n) is 5.23. The van der Waals surface area contributed by atoms with Crippen molar-refractivity contribution in [3.63, 3.8) is 0 Å². The molecular weight excluding hydrogens is 190 g/mol. The Bertz CT molecular complexity index is 198. The normalized spacial score (nSPS) is 21.4. The summed E-state index contributed by atoms with van der Waals surface area (Å²) in [5.41, 5.74) is 0. The zero-order valence-corrected chi connectivity index (χ0v) is 10.8. The topological polar surface area (TPSA) is 20.3 Å². The van der Waals surface area contributed by atoms with E-state index in [9.17, 15) is 4.79 Å². The van der Waals surface area contributed by atoms with Crippen LogP contribution in [0, 0.1) is 0 Å². The molecule has 0 N–H and O–H groups in total. The first-order chi connectivity index (χ1) is 6.52. The molecule has 0 aliphatic carbocycles. The first kappa shape index (κ1) is 11.8. The first-order valence-electron chi connectivity index (χ1n) is 5.82. The van der Waals surface area contributed by atoms with Crippen molar-refractivity contribution in [2.75, 3.05) is 6.54 Å². The standard InChI is InChI=1S/C11H23NOSi/c1-14(2,3)12-10-8-6-4-5-7-9-11(12)13/h4-10H2,1-3H3. The molecule has 1 aliphatic heterocycles. The molecule has 0 radical (unpaired) electrons. The summed E-state index contributed by atoms with van der Waals surface area (Å²) >= 11 is 0. The Morgan fingerprint density at radius 2 is 1.57 bits per heavy atom. The van der Waals surface area contributed by atoms with Crippen molar-refractivity contribution >= 4 is 14.1 Å². The summed E-state index contributed by atoms with van der Waals surface area (Å²) in [5.74, 6) is 0.408. The van der Waals surface area contributed by atoms with Crippen LogP contribution < -0.4 is 0 Å². The van der Waals surface area contributed by atoms with E-state index < -0.39 is 8.24 Å². The van der Waals surface area contributed by atoms with E-state index in [-0.39, 0.29) is 0 Å². The Morgan fingerprint density at radius 1 is 1.00 bits per heavy atom. The van der Waals surface area contributed by atoms with Crippen LogP contribution in [0.3, 0.4) is 0 Å². The van der Waals surface area contributed by atoms with E-state index in [0.29, 0.717) is 5.91 Å². The Labute approximate surface area is 88.8 Å². The average molecular weight is 213 g/mol. The Balaban J connectivity index is 2.63. The molecule has 82 valence electrons. The van der Waals surface area contributed by atoms with Crippen molar-refractivity contribution < 1.29 is 4.79 Å². The maximum atomic E-state index is 11.9. The lowest BCUT2D eigenvalue weighted by molar-refractivity contribution is -0.127. The van der Waals surface area contributed by atoms with Gasteiger partial charge in [0, 0.05) is 13.0 Å². The molecule has 1 amide bonds. The second-order valence-corrected chi connectivity index (χ2v) is 10.1. The number of hydrogen-bond donors (Lipinski definition) is 0. The molecule has 1 aliphatic rings. The Hall–Kier alpha value is -0.313. The van der Waals surface area contributed by atoms with Gasteiger partial charge in [-0.25, -0.2) is 0 Å². The molecule has 0 atom stereocenters. The summed E-state index contributed by atoms with van der Waals surface area (Å²) in [5, 5.41) is 0. The molecule has 1 heterocycles. The molecule has 0 spiro atoms. The maximum Gasteiger partial charge on any atom is 0.214 e. The highest BCUT2D eigenvalue weighted by Crippen LogP contribution is 2.17. The zero-order chi connectivity index (χ0) is 10.6. The first-order valence-corrected chi connectivity index (χ1v) is 9.27. The molecule has 3 heteroatoms. The maximum absolute atomic E-state index is 11.9. The van der Waals surface area contributed by atoms with Crippen LogP contribution in [0.2, 0.25) is 19.6 Å². The summed E-state index contributed by atoms with van der Waals surface area (Å²) in [6, 6.07) is 0. The van der Waals surface area contributed by atoms with Gasteiger partial charge in [0.05, 0.1) is 0 Å². The largest absolute Gasteiger partial charge is 0.370 e. The summed E-state index contributed by atoms with van der Waals surface area (Å²) in [6.07, 6.45) is 6.94. The molecule has 1 saturated heterocycles. The summed E-state index contributed by atoms with van der Waals surface area (Å²) in [7, 11) is -1.41. The lowest BCUT2D eigenvalue weighted by atomic mass is 10.1. The van der Waals surface area contributed by atoms with Crippen molar-refractivity contribution in [2.24, 2.45) is 0 Å². The smallest absolute Gasteiger partial charge is 0.214 e. The minimum atomic E-state index is -1.41. The van der Waals surface area contributed by atoms with Gasteiger partial charge in [-0.2, -0.15) is 0 Å². The van der Waals surface area contributed by atoms with Crippen LogP contribution >= 0.6 is 0 Å². The highest BCUT2D eigenvalue weighted by Gasteiger charge is 2.27. The molecule has 0 aromatic carbocycles. The minimum Gasteiger partial charge on any atom is -0.370 e. The number of amides is 1. The molecule has 0 bridgehead atoms. The number of rotatable bonds is 1. The van der Waals surface area contributed by atoms with Crippen molar-refractivity contribution in [3.05, 3.63) is 0 Å². The molecule has 2 nitrogen and oxygen atoms in total. The predicted octanol–water partition coefficient (Wildman–Crippen LogP) is 3.00. The van der Waals surface area contributed by atoms with Gasteiger partial charge < -0.3 is 4.57 Å². The van der Waals surface area contributed by atoms with Gasteiger partial charge in [-0.3, -0.25) is 4.79 Å². The lowest BCUT2D eigenvalue weighted by Crippen LogP contribution is -2.49. The fourth-order valence-corrected chi connectivity index (χ4v) is 3.73. The van der Waals surface area contributed by atoms with Gasteiger partial charge in [0.2, 0.25) is 5.91 Å². The van der Waals surface area contributed by atoms with Crippen LogP contribution in [0.25, 0.3) is 0 Å². The van der Waals surface area contributed by atoms with Crippen LogP contribution in [-0.4, -0.2) is 25.3 Å². The molecular formula is C11H23NOSi. The van der Waals surface area contributed by atoms with Gasteiger partial charge in [0.1, 0.15) is 0 Å². The molecule has 0 aromatic heterocycles. The molecule has 0 unspecified atom stereocenters. The third-order valence-electron chi connectivity index (χ3n) is 2.88. The van der Waals surface area contributed by atoms with E-state index in [1.807, 2.05) is 0 Å². The quantitative estimate of drug-likeness (QED) is 0.613. The van der Waals surface area contributed by atoms with Crippen LogP contribution in [0.5, 0.6) is 0 Å². The molecule has 14 heavy (non-hydrogen) atoms. The zero-order valence-electron chi connectivity index (χ0n) is 9.81. The fourth-order valence-electron chi connectivity index (χ4n) is 2.05. The van der Waals surface area contributed by atoms with Gasteiger partial charge in [-0.15, -0.1) is 0 Å². The van der Waals surface area contributed by atoms with Crippen molar-refractivity contribution in [2.45, 2.75) is 58.2 Å². The van der Waals surface area contributed by atoms with E-state index >= 15 is 0 Å². The minimum absolute atomic E-state index is 0.408. The second kappa shape index (κ2) is 4.96. The highest BCUT2D eigenvalue weighted by molar-refractivity contribution is 6.75. The van der Waals surface area contributed by atoms with Crippen LogP contribution in [0.4, 0.5) is 0 Å². The number of nitrogens with zero attached hydrogens (tertiary/aromatic N) is 1. The van der Waals surface area contributed by atoms with Crippen LogP contribution in [0.15, 0.2) is 0 Å². The summed E-state index contributed by atoms with van der Waals surface area (Å²) in [6.45, 7) is 7.81. The van der Waals surface area contributed by atoms with Crippen molar-refractivity contribution in [1.29, 1.82) is 0 Å². The van der Waals surface area contributed by atoms with E-state index in [4.69, 9.17) is 0 Å². The molecule has 1 rings (SSSR count). The van der Waals surface area contributed by atoms with Gasteiger partial charge in [0.25, 0.3) is 0 Å². The third kappa shape index (κ3) is 3.44. The van der Waals surface area contributed by atoms with E-state index in [1.54, 1.807) is 0 Å². The number of hydrogen-bond acceptors (Lipinski definition) is 1. The van der Waals surface area contributed by atoms with E-state index in [1.165, 1.54) is 25.7 Å². The Kier molecular flexibility index (Phi) is 4.17. The molecule has 1 fully saturated rings. The van der Waals surface area contributed by atoms with Gasteiger partial charge in [0.15, 0.2) is 8.24 Å². The number of carbonyl (C=O) groups excluding carboxylic acids is 1. The SMILES string of the molecule is C[Si](C)(C)N1CCCCCCCC1=O. The third-order valence-corrected chi connectivity index (χ3v) is 4.98. The number of carbonyl (C=O) groups is 1. The van der Waals surface area contributed by atoms with Crippen LogP contribution in [-0.2, 0) is 4.79 Å². The predicted molar refractivity (Wildman–Crippen MR) is 62.8 cm³/mol. The Morgan fingerprint density at radius 3 is 2.21 bits per heavy atom. The molecule has 0 aromatic rings. The van der Waals surface area contributed by atoms with Crippen molar-refractivity contribution in [3.8, 4) is 0 Å². The van der Waals surface area contributed by atoms with E-state index in [2.05, 4.69) is 24.2 Å². The van der Waals surface area contributed by atoms with Crippen molar-refractivity contribution in [1.82, 2.24) is 4.57 Å². The summed E-state index contributed by atoms with van der Waals surface area (Å²) < 4.78 is 2.19. The fraction of sp³-hybridized carbons (Fsp3) is 0.909. The van der Waals surface area contributed by atoms with Gasteiger partial charge in [-0.05, 0) is 12.8 Å². The molecule has 0 saturated carbocycles. The van der Waals surface area contributed by atoms with E-state index in [0.717, 1.165) is 19.4 Å². The summed E-state index contributed by atoms with van der Waals surface area (Å²) in [4.78, 5) is 11.9. The monoisotopic (exact) mass is 213 g/mol.